The molecule has 4 rings (SSSR count). The van der Waals surface area contributed by atoms with E-state index < -0.39 is 6.23 Å². The van der Waals surface area contributed by atoms with Gasteiger partial charge in [-0.15, -0.1) is 0 Å². The highest BCUT2D eigenvalue weighted by Crippen LogP contribution is 2.28. The third-order valence-electron chi connectivity index (χ3n) is 5.66. The summed E-state index contributed by atoms with van der Waals surface area (Å²) < 4.78 is 2.09. The average molecular weight is 394 g/mol. The van der Waals surface area contributed by atoms with E-state index in [1.54, 1.807) is 0 Å². The summed E-state index contributed by atoms with van der Waals surface area (Å²) >= 11 is 0. The van der Waals surface area contributed by atoms with Crippen LogP contribution in [0.25, 0.3) is 22.0 Å². The minimum Gasteiger partial charge on any atom is -0.373 e. The van der Waals surface area contributed by atoms with Gasteiger partial charge in [-0.3, -0.25) is 0 Å². The Morgan fingerprint density at radius 2 is 1.90 bits per heavy atom. The molecule has 1 fully saturated rings. The van der Waals surface area contributed by atoms with Crippen LogP contribution in [0.2, 0.25) is 0 Å². The molecule has 2 N–H and O–H groups in total. The highest BCUT2D eigenvalue weighted by Gasteiger charge is 2.34. The van der Waals surface area contributed by atoms with Gasteiger partial charge in [-0.25, -0.2) is 9.97 Å². The Labute approximate surface area is 172 Å². The van der Waals surface area contributed by atoms with Crippen molar-refractivity contribution < 1.29 is 5.11 Å². The number of aliphatic hydroxyl groups is 1. The zero-order chi connectivity index (χ0) is 20.8. The zero-order valence-corrected chi connectivity index (χ0v) is 18.0. The molecule has 1 atom stereocenters. The number of aliphatic hydroxyl groups excluding tert-OH is 1. The van der Waals surface area contributed by atoms with Crippen LogP contribution in [-0.4, -0.2) is 50.4 Å². The number of anilines is 1. The van der Waals surface area contributed by atoms with E-state index in [2.05, 4.69) is 63.7 Å². The Hall–Kier alpha value is -2.44. The highest BCUT2D eigenvalue weighted by atomic mass is 16.3. The number of pyridine rings is 1. The number of aryl methyl sites for hydroxylation is 1. The van der Waals surface area contributed by atoms with Crippen molar-refractivity contribution in [2.24, 2.45) is 18.4 Å². The first-order chi connectivity index (χ1) is 13.7. The molecule has 0 amide bonds. The molecule has 6 heteroatoms. The lowest BCUT2D eigenvalue weighted by molar-refractivity contribution is -0.00610. The van der Waals surface area contributed by atoms with E-state index in [9.17, 15) is 5.11 Å². The molecular formula is C23H31N5O. The van der Waals surface area contributed by atoms with E-state index in [1.807, 2.05) is 32.4 Å². The number of imidazole rings is 1. The van der Waals surface area contributed by atoms with Crippen LogP contribution < -0.4 is 5.32 Å². The molecule has 1 aromatic carbocycles. The van der Waals surface area contributed by atoms with E-state index in [0.29, 0.717) is 5.82 Å². The Morgan fingerprint density at radius 1 is 1.14 bits per heavy atom. The SMILES string of the molecule is Cc1ncc(-c2ccc3cnc(NC(O)C4CN(CC(C)(C)C)C4)cc3c2)n1C. The predicted octanol–water partition coefficient (Wildman–Crippen LogP) is 3.65. The van der Waals surface area contributed by atoms with Gasteiger partial charge in [-0.05, 0) is 29.9 Å². The summed E-state index contributed by atoms with van der Waals surface area (Å²) in [6.07, 6.45) is 3.18. The topological polar surface area (TPSA) is 66.2 Å². The molecular weight excluding hydrogens is 362 g/mol. The number of aromatic nitrogens is 3. The molecule has 1 saturated heterocycles. The number of benzene rings is 1. The Bertz CT molecular complexity index is 1010. The Morgan fingerprint density at radius 3 is 2.55 bits per heavy atom. The van der Waals surface area contributed by atoms with Crippen molar-refractivity contribution >= 4 is 16.6 Å². The van der Waals surface area contributed by atoms with Crippen molar-refractivity contribution in [2.45, 2.75) is 33.9 Å². The molecule has 154 valence electrons. The van der Waals surface area contributed by atoms with Gasteiger partial charge in [0, 0.05) is 49.7 Å². The Kier molecular flexibility index (Phi) is 5.09. The van der Waals surface area contributed by atoms with E-state index in [-0.39, 0.29) is 11.3 Å². The lowest BCUT2D eigenvalue weighted by Crippen LogP contribution is -2.55. The number of fused-ring (bicyclic) bond motifs is 1. The van der Waals surface area contributed by atoms with Crippen molar-refractivity contribution in [1.82, 2.24) is 19.4 Å². The molecule has 3 heterocycles. The molecule has 1 aliphatic heterocycles. The van der Waals surface area contributed by atoms with Gasteiger partial charge in [0.1, 0.15) is 17.9 Å². The average Bonchev–Trinajstić information content (AvgIpc) is 2.95. The first-order valence-corrected chi connectivity index (χ1v) is 10.2. The summed E-state index contributed by atoms with van der Waals surface area (Å²) in [5.74, 6) is 1.93. The monoisotopic (exact) mass is 393 g/mol. The van der Waals surface area contributed by atoms with Crippen LogP contribution in [0.3, 0.4) is 0 Å². The number of rotatable bonds is 5. The quantitative estimate of drug-likeness (QED) is 0.648. The van der Waals surface area contributed by atoms with Crippen molar-refractivity contribution in [1.29, 1.82) is 0 Å². The molecule has 0 radical (unpaired) electrons. The van der Waals surface area contributed by atoms with Crippen molar-refractivity contribution in [3.63, 3.8) is 0 Å². The molecule has 2 aromatic heterocycles. The maximum Gasteiger partial charge on any atom is 0.130 e. The highest BCUT2D eigenvalue weighted by molar-refractivity contribution is 5.88. The summed E-state index contributed by atoms with van der Waals surface area (Å²) in [6, 6.07) is 8.34. The first-order valence-electron chi connectivity index (χ1n) is 10.2. The van der Waals surface area contributed by atoms with E-state index in [0.717, 1.165) is 47.5 Å². The molecule has 0 spiro atoms. The van der Waals surface area contributed by atoms with Crippen LogP contribution in [0, 0.1) is 18.3 Å². The lowest BCUT2D eigenvalue weighted by Gasteiger charge is -2.44. The number of hydrogen-bond donors (Lipinski definition) is 2. The summed E-state index contributed by atoms with van der Waals surface area (Å²) in [7, 11) is 2.03. The molecule has 0 aliphatic carbocycles. The second-order valence-corrected chi connectivity index (χ2v) is 9.49. The van der Waals surface area contributed by atoms with Crippen LogP contribution in [0.1, 0.15) is 26.6 Å². The van der Waals surface area contributed by atoms with Crippen LogP contribution in [0.4, 0.5) is 5.82 Å². The third kappa shape index (κ3) is 4.28. The summed E-state index contributed by atoms with van der Waals surface area (Å²) in [6.45, 7) is 11.6. The van der Waals surface area contributed by atoms with Gasteiger partial charge in [-0.1, -0.05) is 32.9 Å². The number of hydrogen-bond acceptors (Lipinski definition) is 5. The van der Waals surface area contributed by atoms with Gasteiger partial charge in [0.05, 0.1) is 11.9 Å². The predicted molar refractivity (Wildman–Crippen MR) is 118 cm³/mol. The van der Waals surface area contributed by atoms with Gasteiger partial charge >= 0.3 is 0 Å². The maximum atomic E-state index is 10.6. The van der Waals surface area contributed by atoms with E-state index in [4.69, 9.17) is 0 Å². The van der Waals surface area contributed by atoms with Crippen molar-refractivity contribution in [3.8, 4) is 11.3 Å². The maximum absolute atomic E-state index is 10.6. The molecule has 0 bridgehead atoms. The zero-order valence-electron chi connectivity index (χ0n) is 18.0. The van der Waals surface area contributed by atoms with Crippen LogP contribution in [0.5, 0.6) is 0 Å². The lowest BCUT2D eigenvalue weighted by atomic mass is 9.90. The van der Waals surface area contributed by atoms with Gasteiger partial charge in [-0.2, -0.15) is 0 Å². The summed E-state index contributed by atoms with van der Waals surface area (Å²) in [5, 5.41) is 16.0. The molecule has 6 nitrogen and oxygen atoms in total. The fourth-order valence-corrected chi connectivity index (χ4v) is 4.03. The normalized spacial score (nSPS) is 16.8. The van der Waals surface area contributed by atoms with Gasteiger partial charge in [0.2, 0.25) is 0 Å². The number of likely N-dealkylation sites (tertiary alicyclic amines) is 1. The molecule has 3 aromatic rings. The minimum atomic E-state index is -0.584. The van der Waals surface area contributed by atoms with Crippen LogP contribution in [-0.2, 0) is 7.05 Å². The second-order valence-electron chi connectivity index (χ2n) is 9.49. The van der Waals surface area contributed by atoms with Gasteiger partial charge < -0.3 is 19.9 Å². The molecule has 0 saturated carbocycles. The minimum absolute atomic E-state index is 0.235. The Balaban J connectivity index is 1.47. The largest absolute Gasteiger partial charge is 0.373 e. The molecule has 1 unspecified atom stereocenters. The number of nitrogens with one attached hydrogen (secondary N) is 1. The van der Waals surface area contributed by atoms with E-state index in [1.165, 1.54) is 0 Å². The summed E-state index contributed by atoms with van der Waals surface area (Å²) in [4.78, 5) is 11.3. The van der Waals surface area contributed by atoms with Gasteiger partial charge in [0.15, 0.2) is 0 Å². The fraction of sp³-hybridized carbons (Fsp3) is 0.478. The third-order valence-corrected chi connectivity index (χ3v) is 5.66. The van der Waals surface area contributed by atoms with Crippen LogP contribution in [0.15, 0.2) is 36.7 Å². The fourth-order valence-electron chi connectivity index (χ4n) is 4.03. The summed E-state index contributed by atoms with van der Waals surface area (Å²) in [5.41, 5.74) is 2.49. The van der Waals surface area contributed by atoms with Crippen molar-refractivity contribution in [3.05, 3.63) is 42.5 Å². The van der Waals surface area contributed by atoms with Gasteiger partial charge in [0.25, 0.3) is 0 Å². The van der Waals surface area contributed by atoms with Crippen LogP contribution >= 0.6 is 0 Å². The molecule has 1 aliphatic rings. The second kappa shape index (κ2) is 7.43. The first kappa shape index (κ1) is 19.9. The standard InChI is InChI=1S/C23H31N5O/c1-15-24-11-20(27(15)5)16-6-7-17-10-25-21(9-18(17)8-16)26-22(29)19-12-28(13-19)14-23(2,3)4/h6-11,19,22,29H,12-14H2,1-5H3,(H,25,26). The molecule has 29 heavy (non-hydrogen) atoms. The van der Waals surface area contributed by atoms with E-state index >= 15 is 0 Å². The number of nitrogens with zero attached hydrogens (tertiary/aromatic N) is 4. The smallest absolute Gasteiger partial charge is 0.130 e. The van der Waals surface area contributed by atoms with Crippen molar-refractivity contribution in [2.75, 3.05) is 25.0 Å².